The highest BCUT2D eigenvalue weighted by Crippen LogP contribution is 2.32. The van der Waals surface area contributed by atoms with Gasteiger partial charge in [-0.05, 0) is 45.1 Å². The lowest BCUT2D eigenvalue weighted by Crippen LogP contribution is -2.46. The molecule has 1 saturated carbocycles. The predicted molar refractivity (Wildman–Crippen MR) is 81.6 cm³/mol. The highest BCUT2D eigenvalue weighted by atomic mass is 15.3. The Kier molecular flexibility index (Phi) is 4.41. The lowest BCUT2D eigenvalue weighted by Gasteiger charge is -2.33. The van der Waals surface area contributed by atoms with Crippen LogP contribution in [0.4, 0.5) is 0 Å². The van der Waals surface area contributed by atoms with Gasteiger partial charge in [-0.3, -0.25) is 4.68 Å². The Morgan fingerprint density at radius 1 is 1.30 bits per heavy atom. The molecule has 0 amide bonds. The van der Waals surface area contributed by atoms with Gasteiger partial charge in [0.25, 0.3) is 0 Å². The molecule has 4 heteroatoms. The van der Waals surface area contributed by atoms with Gasteiger partial charge in [-0.25, -0.2) is 0 Å². The normalized spacial score (nSPS) is 30.8. The summed E-state index contributed by atoms with van der Waals surface area (Å²) in [6, 6.07) is 1.43. The van der Waals surface area contributed by atoms with E-state index >= 15 is 0 Å². The maximum Gasteiger partial charge on any atom is 0.0638 e. The molecule has 1 aliphatic heterocycles. The molecule has 112 valence electrons. The van der Waals surface area contributed by atoms with Crippen molar-refractivity contribution in [2.24, 2.45) is 13.0 Å². The Morgan fingerprint density at radius 2 is 2.20 bits per heavy atom. The summed E-state index contributed by atoms with van der Waals surface area (Å²) in [5, 5.41) is 12.0. The second-order valence-electron chi connectivity index (χ2n) is 6.55. The molecule has 3 rings (SSSR count). The largest absolute Gasteiger partial charge is 0.314 e. The summed E-state index contributed by atoms with van der Waals surface area (Å²) in [6.45, 7) is 4.29. The van der Waals surface area contributed by atoms with Crippen molar-refractivity contribution < 1.29 is 0 Å². The topological polar surface area (TPSA) is 41.9 Å². The highest BCUT2D eigenvalue weighted by molar-refractivity contribution is 5.15. The first-order valence-electron chi connectivity index (χ1n) is 8.20. The van der Waals surface area contributed by atoms with Crippen LogP contribution in [0.1, 0.15) is 49.8 Å². The van der Waals surface area contributed by atoms with Gasteiger partial charge in [0.2, 0.25) is 0 Å². The zero-order valence-electron chi connectivity index (χ0n) is 12.9. The average molecular weight is 276 g/mol. The number of aryl methyl sites for hydroxylation is 2. The molecule has 1 aliphatic carbocycles. The molecule has 2 fully saturated rings. The Hall–Kier alpha value is -0.870. The van der Waals surface area contributed by atoms with Crippen molar-refractivity contribution >= 4 is 0 Å². The van der Waals surface area contributed by atoms with Crippen molar-refractivity contribution in [1.82, 2.24) is 20.4 Å². The number of hydrogen-bond donors (Lipinski definition) is 2. The molecular formula is C16H28N4. The van der Waals surface area contributed by atoms with Gasteiger partial charge in [-0.2, -0.15) is 5.10 Å². The van der Waals surface area contributed by atoms with E-state index in [2.05, 4.69) is 28.9 Å². The smallest absolute Gasteiger partial charge is 0.0638 e. The molecule has 0 radical (unpaired) electrons. The summed E-state index contributed by atoms with van der Waals surface area (Å²) >= 11 is 0. The molecule has 20 heavy (non-hydrogen) atoms. The maximum absolute atomic E-state index is 4.43. The van der Waals surface area contributed by atoms with Crippen LogP contribution in [-0.2, 0) is 13.6 Å². The molecule has 3 unspecified atom stereocenters. The number of nitrogens with zero attached hydrogens (tertiary/aromatic N) is 2. The van der Waals surface area contributed by atoms with Crippen molar-refractivity contribution in [2.75, 3.05) is 6.54 Å². The van der Waals surface area contributed by atoms with Gasteiger partial charge in [0.1, 0.15) is 0 Å². The summed E-state index contributed by atoms with van der Waals surface area (Å²) in [6.07, 6.45) is 10.4. The van der Waals surface area contributed by atoms with E-state index in [1.54, 1.807) is 0 Å². The standard InChI is InChI=1S/C16H28N4/c1-12-13(11-20(2)19-12)10-18-16-8-5-6-14(16)15-7-3-4-9-17-15/h11,14-18H,3-10H2,1-2H3. The van der Waals surface area contributed by atoms with Crippen molar-refractivity contribution in [2.45, 2.75) is 64.1 Å². The van der Waals surface area contributed by atoms with E-state index in [4.69, 9.17) is 0 Å². The Bertz CT molecular complexity index is 434. The summed E-state index contributed by atoms with van der Waals surface area (Å²) in [5.41, 5.74) is 2.50. The van der Waals surface area contributed by atoms with Gasteiger partial charge < -0.3 is 10.6 Å². The molecule has 2 N–H and O–H groups in total. The highest BCUT2D eigenvalue weighted by Gasteiger charge is 2.33. The van der Waals surface area contributed by atoms with E-state index in [-0.39, 0.29) is 0 Å². The molecule has 3 atom stereocenters. The second-order valence-corrected chi connectivity index (χ2v) is 6.55. The van der Waals surface area contributed by atoms with Gasteiger partial charge in [0, 0.05) is 37.4 Å². The quantitative estimate of drug-likeness (QED) is 0.885. The van der Waals surface area contributed by atoms with Gasteiger partial charge in [-0.15, -0.1) is 0 Å². The molecule has 0 aromatic carbocycles. The summed E-state index contributed by atoms with van der Waals surface area (Å²) in [4.78, 5) is 0. The first-order valence-corrected chi connectivity index (χ1v) is 8.20. The molecule has 4 nitrogen and oxygen atoms in total. The average Bonchev–Trinajstić information content (AvgIpc) is 3.04. The van der Waals surface area contributed by atoms with Crippen LogP contribution in [0.3, 0.4) is 0 Å². The number of hydrogen-bond acceptors (Lipinski definition) is 3. The fourth-order valence-electron chi connectivity index (χ4n) is 4.03. The van der Waals surface area contributed by atoms with Crippen molar-refractivity contribution in [3.63, 3.8) is 0 Å². The van der Waals surface area contributed by atoms with E-state index < -0.39 is 0 Å². The first-order chi connectivity index (χ1) is 9.74. The molecule has 1 saturated heterocycles. The van der Waals surface area contributed by atoms with Crippen molar-refractivity contribution in [1.29, 1.82) is 0 Å². The zero-order chi connectivity index (χ0) is 13.9. The molecule has 2 aliphatic rings. The van der Waals surface area contributed by atoms with Crippen LogP contribution in [0.2, 0.25) is 0 Å². The minimum absolute atomic E-state index is 0.685. The van der Waals surface area contributed by atoms with Crippen LogP contribution in [0.25, 0.3) is 0 Å². The third-order valence-electron chi connectivity index (χ3n) is 5.10. The fourth-order valence-corrected chi connectivity index (χ4v) is 4.03. The second kappa shape index (κ2) is 6.27. The number of piperidine rings is 1. The fraction of sp³-hybridized carbons (Fsp3) is 0.812. The van der Waals surface area contributed by atoms with E-state index in [1.165, 1.54) is 50.6 Å². The number of nitrogens with one attached hydrogen (secondary N) is 2. The van der Waals surface area contributed by atoms with Gasteiger partial charge in [0.15, 0.2) is 0 Å². The van der Waals surface area contributed by atoms with Crippen LogP contribution >= 0.6 is 0 Å². The monoisotopic (exact) mass is 276 g/mol. The number of aromatic nitrogens is 2. The Morgan fingerprint density at radius 3 is 2.90 bits per heavy atom. The Labute approximate surface area is 122 Å². The molecule has 0 spiro atoms. The summed E-state index contributed by atoms with van der Waals surface area (Å²) < 4.78 is 1.92. The van der Waals surface area contributed by atoms with E-state index in [0.29, 0.717) is 6.04 Å². The van der Waals surface area contributed by atoms with Gasteiger partial charge in [0.05, 0.1) is 5.69 Å². The lowest BCUT2D eigenvalue weighted by molar-refractivity contribution is 0.256. The van der Waals surface area contributed by atoms with E-state index in [0.717, 1.165) is 24.2 Å². The minimum atomic E-state index is 0.685. The van der Waals surface area contributed by atoms with Gasteiger partial charge >= 0.3 is 0 Å². The van der Waals surface area contributed by atoms with Gasteiger partial charge in [-0.1, -0.05) is 12.8 Å². The minimum Gasteiger partial charge on any atom is -0.314 e. The first kappa shape index (κ1) is 14.1. The van der Waals surface area contributed by atoms with Crippen molar-refractivity contribution in [3.05, 3.63) is 17.5 Å². The van der Waals surface area contributed by atoms with E-state index in [9.17, 15) is 0 Å². The Balaban J connectivity index is 1.57. The summed E-state index contributed by atoms with van der Waals surface area (Å²) in [5.74, 6) is 0.826. The predicted octanol–water partition coefficient (Wildman–Crippen LogP) is 2.13. The van der Waals surface area contributed by atoms with E-state index in [1.807, 2.05) is 11.7 Å². The molecule has 1 aromatic heterocycles. The summed E-state index contributed by atoms with van der Waals surface area (Å²) in [7, 11) is 2.00. The lowest BCUT2D eigenvalue weighted by atomic mass is 9.88. The third kappa shape index (κ3) is 3.07. The van der Waals surface area contributed by atoms with Crippen LogP contribution in [0.15, 0.2) is 6.20 Å². The number of rotatable bonds is 4. The van der Waals surface area contributed by atoms with Crippen molar-refractivity contribution in [3.8, 4) is 0 Å². The molecule has 0 bridgehead atoms. The zero-order valence-corrected chi connectivity index (χ0v) is 12.9. The maximum atomic E-state index is 4.43. The van der Waals surface area contributed by atoms with Crippen LogP contribution in [-0.4, -0.2) is 28.4 Å². The molecular weight excluding hydrogens is 248 g/mol. The van der Waals surface area contributed by atoms with Crippen LogP contribution < -0.4 is 10.6 Å². The SMILES string of the molecule is Cc1nn(C)cc1CNC1CCCC1C1CCCCN1. The molecule has 2 heterocycles. The van der Waals surface area contributed by atoms with Crippen LogP contribution in [0, 0.1) is 12.8 Å². The van der Waals surface area contributed by atoms with Crippen LogP contribution in [0.5, 0.6) is 0 Å². The molecule has 1 aromatic rings. The third-order valence-corrected chi connectivity index (χ3v) is 5.10.